The van der Waals surface area contributed by atoms with E-state index in [2.05, 4.69) is 47.6 Å². The summed E-state index contributed by atoms with van der Waals surface area (Å²) >= 11 is 1.74. The molecule has 3 N–H and O–H groups in total. The van der Waals surface area contributed by atoms with Crippen LogP contribution in [0.3, 0.4) is 0 Å². The molecule has 3 aromatic rings. The molecule has 3 rings (SSSR count). The molecule has 0 amide bonds. The summed E-state index contributed by atoms with van der Waals surface area (Å²) in [6.45, 7) is 2.67. The number of nitrogens with two attached hydrogens (primary N) is 1. The molecule has 0 aliphatic rings. The average molecular weight is 242 g/mol. The zero-order chi connectivity index (χ0) is 11.8. The van der Waals surface area contributed by atoms with Gasteiger partial charge in [-0.3, -0.25) is 0 Å². The van der Waals surface area contributed by atoms with Gasteiger partial charge in [-0.2, -0.15) is 0 Å². The van der Waals surface area contributed by atoms with Gasteiger partial charge >= 0.3 is 0 Å². The van der Waals surface area contributed by atoms with Crippen LogP contribution in [0.5, 0.6) is 0 Å². The number of hydrogen-bond acceptors (Lipinski definition) is 2. The summed E-state index contributed by atoms with van der Waals surface area (Å²) in [5.41, 5.74) is 10.7. The van der Waals surface area contributed by atoms with E-state index in [9.17, 15) is 0 Å². The van der Waals surface area contributed by atoms with Gasteiger partial charge in [0.25, 0.3) is 0 Å². The van der Waals surface area contributed by atoms with Crippen molar-refractivity contribution in [2.45, 2.75) is 13.5 Å². The van der Waals surface area contributed by atoms with Crippen molar-refractivity contribution in [1.29, 1.82) is 0 Å². The fourth-order valence-corrected chi connectivity index (χ4v) is 2.96. The second-order valence-electron chi connectivity index (χ2n) is 4.21. The minimum absolute atomic E-state index is 0.566. The van der Waals surface area contributed by atoms with Gasteiger partial charge in [0.05, 0.1) is 10.6 Å². The van der Waals surface area contributed by atoms with Crippen LogP contribution in [0.1, 0.15) is 11.1 Å². The van der Waals surface area contributed by atoms with E-state index in [1.807, 2.05) is 0 Å². The highest BCUT2D eigenvalue weighted by atomic mass is 32.1. The topological polar surface area (TPSA) is 41.8 Å². The average Bonchev–Trinajstić information content (AvgIpc) is 2.94. The number of rotatable bonds is 2. The number of H-pyrrole nitrogens is 1. The van der Waals surface area contributed by atoms with Crippen molar-refractivity contribution in [1.82, 2.24) is 4.98 Å². The zero-order valence-corrected chi connectivity index (χ0v) is 10.5. The van der Waals surface area contributed by atoms with E-state index in [0.717, 1.165) is 0 Å². The summed E-state index contributed by atoms with van der Waals surface area (Å²) in [6, 6.07) is 10.6. The molecular weight excluding hydrogens is 228 g/mol. The molecule has 86 valence electrons. The van der Waals surface area contributed by atoms with Crippen molar-refractivity contribution in [2.75, 3.05) is 0 Å². The number of benzene rings is 1. The number of fused-ring (bicyclic) bond motifs is 1. The molecular formula is C14H14N2S. The van der Waals surface area contributed by atoms with Crippen LogP contribution in [0.25, 0.3) is 21.5 Å². The number of aryl methyl sites for hydroxylation is 1. The minimum Gasteiger partial charge on any atom is -0.354 e. The summed E-state index contributed by atoms with van der Waals surface area (Å²) in [6.07, 6.45) is 0. The Balaban J connectivity index is 2.32. The van der Waals surface area contributed by atoms with Crippen LogP contribution in [0.2, 0.25) is 0 Å². The highest BCUT2D eigenvalue weighted by Gasteiger charge is 2.12. The number of aromatic amines is 1. The third-order valence-electron chi connectivity index (χ3n) is 3.03. The lowest BCUT2D eigenvalue weighted by atomic mass is 10.1. The Morgan fingerprint density at radius 3 is 2.88 bits per heavy atom. The molecule has 0 bridgehead atoms. The van der Waals surface area contributed by atoms with Crippen LogP contribution in [-0.2, 0) is 6.54 Å². The first-order valence-corrected chi connectivity index (χ1v) is 6.52. The molecule has 0 saturated heterocycles. The molecule has 1 aromatic carbocycles. The summed E-state index contributed by atoms with van der Waals surface area (Å²) < 4.78 is 0. The maximum absolute atomic E-state index is 5.90. The number of nitrogens with one attached hydrogen (secondary N) is 1. The van der Waals surface area contributed by atoms with E-state index in [-0.39, 0.29) is 0 Å². The van der Waals surface area contributed by atoms with Gasteiger partial charge in [0.1, 0.15) is 0 Å². The summed E-state index contributed by atoms with van der Waals surface area (Å²) in [4.78, 5) is 4.72. The van der Waals surface area contributed by atoms with Crippen molar-refractivity contribution in [3.8, 4) is 10.6 Å². The Morgan fingerprint density at radius 2 is 2.18 bits per heavy atom. The SMILES string of the molecule is Cc1ccc2[nH]c(-c3cccs3)c(CN)c2c1. The van der Waals surface area contributed by atoms with E-state index in [1.165, 1.54) is 32.6 Å². The van der Waals surface area contributed by atoms with Gasteiger partial charge < -0.3 is 10.7 Å². The molecule has 0 saturated carbocycles. The number of thiophene rings is 1. The van der Waals surface area contributed by atoms with Gasteiger partial charge in [-0.1, -0.05) is 17.7 Å². The van der Waals surface area contributed by atoms with Crippen LogP contribution < -0.4 is 5.73 Å². The molecule has 0 aliphatic carbocycles. The second-order valence-corrected chi connectivity index (χ2v) is 5.16. The van der Waals surface area contributed by atoms with E-state index < -0.39 is 0 Å². The molecule has 0 radical (unpaired) electrons. The van der Waals surface area contributed by atoms with Gasteiger partial charge in [-0.15, -0.1) is 11.3 Å². The van der Waals surface area contributed by atoms with Crippen LogP contribution >= 0.6 is 11.3 Å². The summed E-state index contributed by atoms with van der Waals surface area (Å²) in [5, 5.41) is 3.34. The van der Waals surface area contributed by atoms with Crippen molar-refractivity contribution >= 4 is 22.2 Å². The molecule has 0 spiro atoms. The van der Waals surface area contributed by atoms with Crippen molar-refractivity contribution in [2.24, 2.45) is 5.73 Å². The van der Waals surface area contributed by atoms with Crippen LogP contribution in [0.15, 0.2) is 35.7 Å². The fourth-order valence-electron chi connectivity index (χ4n) is 2.20. The largest absolute Gasteiger partial charge is 0.354 e. The third-order valence-corrected chi connectivity index (χ3v) is 3.92. The Bertz CT molecular complexity index is 650. The highest BCUT2D eigenvalue weighted by Crippen LogP contribution is 2.32. The predicted molar refractivity (Wildman–Crippen MR) is 74.2 cm³/mol. The first-order chi connectivity index (χ1) is 8.29. The Morgan fingerprint density at radius 1 is 1.29 bits per heavy atom. The predicted octanol–water partition coefficient (Wildman–Crippen LogP) is 3.66. The lowest BCUT2D eigenvalue weighted by Crippen LogP contribution is -1.96. The van der Waals surface area contributed by atoms with E-state index in [0.29, 0.717) is 6.54 Å². The summed E-state index contributed by atoms with van der Waals surface area (Å²) in [5.74, 6) is 0. The Labute approximate surface area is 104 Å². The molecule has 2 nitrogen and oxygen atoms in total. The second kappa shape index (κ2) is 4.02. The first kappa shape index (κ1) is 10.6. The van der Waals surface area contributed by atoms with E-state index in [1.54, 1.807) is 11.3 Å². The number of hydrogen-bond donors (Lipinski definition) is 2. The smallest absolute Gasteiger partial charge is 0.0611 e. The quantitative estimate of drug-likeness (QED) is 0.707. The Kier molecular flexibility index (Phi) is 2.50. The number of aromatic nitrogens is 1. The molecule has 3 heteroatoms. The molecule has 0 fully saturated rings. The van der Waals surface area contributed by atoms with Crippen molar-refractivity contribution < 1.29 is 0 Å². The van der Waals surface area contributed by atoms with E-state index >= 15 is 0 Å². The van der Waals surface area contributed by atoms with Crippen LogP contribution in [-0.4, -0.2) is 4.98 Å². The van der Waals surface area contributed by atoms with Crippen LogP contribution in [0.4, 0.5) is 0 Å². The van der Waals surface area contributed by atoms with Gasteiger partial charge in [-0.25, -0.2) is 0 Å². The van der Waals surface area contributed by atoms with Gasteiger partial charge in [-0.05, 0) is 36.1 Å². The maximum Gasteiger partial charge on any atom is 0.0611 e. The van der Waals surface area contributed by atoms with E-state index in [4.69, 9.17) is 5.73 Å². The lowest BCUT2D eigenvalue weighted by Gasteiger charge is -1.99. The first-order valence-electron chi connectivity index (χ1n) is 5.65. The minimum atomic E-state index is 0.566. The fraction of sp³-hybridized carbons (Fsp3) is 0.143. The normalized spacial score (nSPS) is 11.2. The van der Waals surface area contributed by atoms with Gasteiger partial charge in [0.2, 0.25) is 0 Å². The standard InChI is InChI=1S/C14H14N2S/c1-9-4-5-12-10(7-9)11(8-15)14(16-12)13-3-2-6-17-13/h2-7,16H,8,15H2,1H3. The molecule has 2 aromatic heterocycles. The third kappa shape index (κ3) is 1.68. The van der Waals surface area contributed by atoms with Crippen LogP contribution in [0, 0.1) is 6.92 Å². The maximum atomic E-state index is 5.90. The molecule has 0 unspecified atom stereocenters. The molecule has 17 heavy (non-hydrogen) atoms. The van der Waals surface area contributed by atoms with Gasteiger partial charge in [0, 0.05) is 17.4 Å². The Hall–Kier alpha value is -1.58. The molecule has 0 atom stereocenters. The van der Waals surface area contributed by atoms with Crippen molar-refractivity contribution in [3.63, 3.8) is 0 Å². The monoisotopic (exact) mass is 242 g/mol. The lowest BCUT2D eigenvalue weighted by molar-refractivity contribution is 1.09. The molecule has 0 aliphatic heterocycles. The zero-order valence-electron chi connectivity index (χ0n) is 9.66. The van der Waals surface area contributed by atoms with Gasteiger partial charge in [0.15, 0.2) is 0 Å². The summed E-state index contributed by atoms with van der Waals surface area (Å²) in [7, 11) is 0. The van der Waals surface area contributed by atoms with Crippen molar-refractivity contribution in [3.05, 3.63) is 46.8 Å². The molecule has 2 heterocycles. The highest BCUT2D eigenvalue weighted by molar-refractivity contribution is 7.13.